The standard InChI is InChI=1S/C20H28FN3O2/c21-17-8-2-1-7-16(17)20(9-3-4-10-20)14-23-19(26)15-6-5-11-24(12-15)13-18(22)25/h1-2,7-8,15H,3-6,9-14H2,(H2,22,25)(H,23,26)/t15-/m0/s1. The van der Waals surface area contributed by atoms with Crippen LogP contribution in [0.15, 0.2) is 24.3 Å². The van der Waals surface area contributed by atoms with Gasteiger partial charge in [-0.2, -0.15) is 0 Å². The molecule has 0 aromatic heterocycles. The molecular formula is C20H28FN3O2. The summed E-state index contributed by atoms with van der Waals surface area (Å²) in [6.07, 6.45) is 5.59. The average molecular weight is 361 g/mol. The summed E-state index contributed by atoms with van der Waals surface area (Å²) in [4.78, 5) is 25.8. The van der Waals surface area contributed by atoms with Gasteiger partial charge in [0.15, 0.2) is 0 Å². The first-order chi connectivity index (χ1) is 12.5. The number of hydrogen-bond acceptors (Lipinski definition) is 3. The highest BCUT2D eigenvalue weighted by Crippen LogP contribution is 2.41. The van der Waals surface area contributed by atoms with Gasteiger partial charge in [-0.3, -0.25) is 14.5 Å². The minimum Gasteiger partial charge on any atom is -0.369 e. The lowest BCUT2D eigenvalue weighted by Gasteiger charge is -2.34. The van der Waals surface area contributed by atoms with Crippen molar-refractivity contribution >= 4 is 11.8 Å². The molecule has 0 radical (unpaired) electrons. The van der Waals surface area contributed by atoms with Crippen LogP contribution in [0, 0.1) is 11.7 Å². The summed E-state index contributed by atoms with van der Waals surface area (Å²) in [7, 11) is 0. The molecule has 3 rings (SSSR count). The maximum atomic E-state index is 14.4. The second kappa shape index (κ2) is 8.16. The number of nitrogens with zero attached hydrogens (tertiary/aromatic N) is 1. The summed E-state index contributed by atoms with van der Waals surface area (Å²) in [5, 5.41) is 3.09. The van der Waals surface area contributed by atoms with E-state index in [1.165, 1.54) is 6.07 Å². The molecule has 6 heteroatoms. The van der Waals surface area contributed by atoms with Crippen molar-refractivity contribution in [3.63, 3.8) is 0 Å². The second-order valence-corrected chi connectivity index (χ2v) is 7.73. The molecule has 1 heterocycles. The van der Waals surface area contributed by atoms with Crippen molar-refractivity contribution in [1.82, 2.24) is 10.2 Å². The first-order valence-corrected chi connectivity index (χ1v) is 9.53. The number of benzene rings is 1. The van der Waals surface area contributed by atoms with Gasteiger partial charge in [0.05, 0.1) is 12.5 Å². The molecule has 1 saturated heterocycles. The van der Waals surface area contributed by atoms with E-state index in [0.717, 1.165) is 50.6 Å². The number of amides is 2. The van der Waals surface area contributed by atoms with Gasteiger partial charge in [0.1, 0.15) is 5.82 Å². The summed E-state index contributed by atoms with van der Waals surface area (Å²) in [5.41, 5.74) is 5.68. The largest absolute Gasteiger partial charge is 0.369 e. The number of primary amides is 1. The Morgan fingerprint density at radius 3 is 2.65 bits per heavy atom. The Balaban J connectivity index is 1.63. The molecule has 26 heavy (non-hydrogen) atoms. The van der Waals surface area contributed by atoms with Gasteiger partial charge in [-0.25, -0.2) is 4.39 Å². The van der Waals surface area contributed by atoms with E-state index >= 15 is 0 Å². The van der Waals surface area contributed by atoms with Crippen molar-refractivity contribution in [1.29, 1.82) is 0 Å². The van der Waals surface area contributed by atoms with Crippen LogP contribution in [0.5, 0.6) is 0 Å². The predicted molar refractivity (Wildman–Crippen MR) is 97.9 cm³/mol. The van der Waals surface area contributed by atoms with Crippen LogP contribution >= 0.6 is 0 Å². The Hall–Kier alpha value is -1.95. The normalized spacial score (nSPS) is 22.9. The Bertz CT molecular complexity index is 658. The molecule has 0 spiro atoms. The second-order valence-electron chi connectivity index (χ2n) is 7.73. The fourth-order valence-electron chi connectivity index (χ4n) is 4.52. The number of piperidine rings is 1. The Kier molecular flexibility index (Phi) is 5.91. The van der Waals surface area contributed by atoms with Gasteiger partial charge < -0.3 is 11.1 Å². The van der Waals surface area contributed by atoms with E-state index in [1.54, 1.807) is 6.07 Å². The topological polar surface area (TPSA) is 75.4 Å². The fourth-order valence-corrected chi connectivity index (χ4v) is 4.52. The third kappa shape index (κ3) is 4.23. The zero-order chi connectivity index (χ0) is 18.6. The van der Waals surface area contributed by atoms with Gasteiger partial charge >= 0.3 is 0 Å². The van der Waals surface area contributed by atoms with Crippen molar-refractivity contribution in [2.45, 2.75) is 43.9 Å². The molecule has 0 bridgehead atoms. The predicted octanol–water partition coefficient (Wildman–Crippen LogP) is 1.95. The minimum absolute atomic E-state index is 0.00165. The Morgan fingerprint density at radius 2 is 1.96 bits per heavy atom. The number of likely N-dealkylation sites (tertiary alicyclic amines) is 1. The van der Waals surface area contributed by atoms with Gasteiger partial charge in [-0.15, -0.1) is 0 Å². The number of rotatable bonds is 6. The zero-order valence-corrected chi connectivity index (χ0v) is 15.2. The molecule has 1 atom stereocenters. The van der Waals surface area contributed by atoms with Crippen molar-refractivity contribution in [2.75, 3.05) is 26.2 Å². The minimum atomic E-state index is -0.365. The molecule has 2 amide bonds. The maximum absolute atomic E-state index is 14.4. The van der Waals surface area contributed by atoms with Gasteiger partial charge in [0.2, 0.25) is 11.8 Å². The third-order valence-corrected chi connectivity index (χ3v) is 5.86. The first kappa shape index (κ1) is 18.8. The van der Waals surface area contributed by atoms with Crippen LogP contribution in [0.2, 0.25) is 0 Å². The van der Waals surface area contributed by atoms with Crippen LogP contribution < -0.4 is 11.1 Å². The van der Waals surface area contributed by atoms with Crippen LogP contribution in [-0.4, -0.2) is 42.9 Å². The summed E-state index contributed by atoms with van der Waals surface area (Å²) >= 11 is 0. The van der Waals surface area contributed by atoms with Crippen molar-refractivity contribution in [3.05, 3.63) is 35.6 Å². The first-order valence-electron chi connectivity index (χ1n) is 9.53. The SMILES string of the molecule is NC(=O)CN1CCC[C@H](C(=O)NCC2(c3ccccc3F)CCCC2)C1. The molecule has 3 N–H and O–H groups in total. The molecule has 5 nitrogen and oxygen atoms in total. The number of hydrogen-bond donors (Lipinski definition) is 2. The highest BCUT2D eigenvalue weighted by molar-refractivity contribution is 5.79. The number of carbonyl (C=O) groups excluding carboxylic acids is 2. The fraction of sp³-hybridized carbons (Fsp3) is 0.600. The summed E-state index contributed by atoms with van der Waals surface area (Å²) in [6, 6.07) is 6.92. The highest BCUT2D eigenvalue weighted by Gasteiger charge is 2.38. The van der Waals surface area contributed by atoms with Crippen LogP contribution in [0.1, 0.15) is 44.1 Å². The van der Waals surface area contributed by atoms with E-state index in [1.807, 2.05) is 17.0 Å². The van der Waals surface area contributed by atoms with Crippen molar-refractivity contribution in [3.8, 4) is 0 Å². The van der Waals surface area contributed by atoms with Crippen molar-refractivity contribution < 1.29 is 14.0 Å². The lowest BCUT2D eigenvalue weighted by molar-refractivity contribution is -0.128. The lowest BCUT2D eigenvalue weighted by atomic mass is 9.78. The van der Waals surface area contributed by atoms with Gasteiger partial charge in [0, 0.05) is 18.5 Å². The number of nitrogens with two attached hydrogens (primary N) is 1. The van der Waals surface area contributed by atoms with Crippen LogP contribution in [0.4, 0.5) is 4.39 Å². The van der Waals surface area contributed by atoms with E-state index in [-0.39, 0.29) is 35.5 Å². The van der Waals surface area contributed by atoms with E-state index in [4.69, 9.17) is 5.73 Å². The van der Waals surface area contributed by atoms with Crippen LogP contribution in [0.25, 0.3) is 0 Å². The third-order valence-electron chi connectivity index (χ3n) is 5.86. The summed E-state index contributed by atoms with van der Waals surface area (Å²) in [6.45, 7) is 2.02. The smallest absolute Gasteiger partial charge is 0.231 e. The molecule has 2 fully saturated rings. The molecule has 142 valence electrons. The van der Waals surface area contributed by atoms with Crippen LogP contribution in [0.3, 0.4) is 0 Å². The monoisotopic (exact) mass is 361 g/mol. The van der Waals surface area contributed by atoms with E-state index < -0.39 is 0 Å². The number of nitrogens with one attached hydrogen (secondary N) is 1. The molecule has 2 aliphatic rings. The Morgan fingerprint density at radius 1 is 1.23 bits per heavy atom. The van der Waals surface area contributed by atoms with Gasteiger partial charge in [-0.1, -0.05) is 31.0 Å². The van der Waals surface area contributed by atoms with Gasteiger partial charge in [0.25, 0.3) is 0 Å². The quantitative estimate of drug-likeness (QED) is 0.813. The summed E-state index contributed by atoms with van der Waals surface area (Å²) in [5.74, 6) is -0.687. The molecule has 1 aromatic rings. The molecule has 1 saturated carbocycles. The number of carbonyl (C=O) groups is 2. The van der Waals surface area contributed by atoms with E-state index in [0.29, 0.717) is 13.1 Å². The lowest BCUT2D eigenvalue weighted by Crippen LogP contribution is -2.48. The Labute approximate surface area is 154 Å². The summed E-state index contributed by atoms with van der Waals surface area (Å²) < 4.78 is 14.4. The highest BCUT2D eigenvalue weighted by atomic mass is 19.1. The van der Waals surface area contributed by atoms with E-state index in [2.05, 4.69) is 5.32 Å². The van der Waals surface area contributed by atoms with Crippen LogP contribution in [-0.2, 0) is 15.0 Å². The molecule has 1 aromatic carbocycles. The van der Waals surface area contributed by atoms with E-state index in [9.17, 15) is 14.0 Å². The van der Waals surface area contributed by atoms with Crippen molar-refractivity contribution in [2.24, 2.45) is 11.7 Å². The maximum Gasteiger partial charge on any atom is 0.231 e. The average Bonchev–Trinajstić information content (AvgIpc) is 3.09. The number of halogens is 1. The van der Waals surface area contributed by atoms with Gasteiger partial charge in [-0.05, 0) is 43.9 Å². The zero-order valence-electron chi connectivity index (χ0n) is 15.2. The molecule has 0 unspecified atom stereocenters. The molecule has 1 aliphatic heterocycles. The molecule has 1 aliphatic carbocycles. The molecular weight excluding hydrogens is 333 g/mol.